The molecule has 3 atom stereocenters. The van der Waals surface area contributed by atoms with E-state index in [2.05, 4.69) is 46.9 Å². The first-order valence-electron chi connectivity index (χ1n) is 36.5. The normalized spacial score (nSPS) is 20.5. The number of aliphatic carboxylic acids is 9. The van der Waals surface area contributed by atoms with Crippen LogP contribution in [-0.2, 0) is 57.5 Å². The largest absolute Gasteiger partial charge is 3.00 e. The van der Waals surface area contributed by atoms with Crippen LogP contribution in [0.4, 0.5) is 0 Å². The van der Waals surface area contributed by atoms with Crippen LogP contribution in [0.15, 0.2) is 32.0 Å². The summed E-state index contributed by atoms with van der Waals surface area (Å²) in [6, 6.07) is -4.48. The van der Waals surface area contributed by atoms with Gasteiger partial charge in [0.25, 0.3) is 17.7 Å². The predicted octanol–water partition coefficient (Wildman–Crippen LogP) is -8.85. The molecule has 7 heterocycles. The number of fused-ring (bicyclic) bond motifs is 6. The molecule has 115 heavy (non-hydrogen) atoms. The van der Waals surface area contributed by atoms with Gasteiger partial charge in [-0.1, -0.05) is 0 Å². The number of carbonyl (C=O) groups is 15. The number of oxazole rings is 3. The van der Waals surface area contributed by atoms with Gasteiger partial charge in [-0.05, 0) is 0 Å². The van der Waals surface area contributed by atoms with Gasteiger partial charge in [-0.25, -0.2) is 15.0 Å². The maximum atomic E-state index is 14.5. The molecule has 0 aliphatic carbocycles. The Bertz CT molecular complexity index is 3340. The van der Waals surface area contributed by atoms with Crippen LogP contribution in [0.2, 0.25) is 0 Å². The van der Waals surface area contributed by atoms with Crippen molar-refractivity contribution in [2.45, 2.75) is 18.1 Å². The van der Waals surface area contributed by atoms with Gasteiger partial charge in [-0.2, -0.15) is 0 Å². The van der Waals surface area contributed by atoms with Gasteiger partial charge in [-0.15, -0.1) is 0 Å². The Labute approximate surface area is 689 Å². The van der Waals surface area contributed by atoms with Crippen molar-refractivity contribution in [3.8, 4) is 0 Å². The van der Waals surface area contributed by atoms with Crippen molar-refractivity contribution < 1.29 is 171 Å². The Morgan fingerprint density at radius 3 is 0.557 bits per heavy atom. The SMILES string of the molecule is O=C(O)CN1CCN(CC(=O)O)CCN(CC(=O)NC[C@@H]2NC(=O)c3coc(n3)[C@H](CNC(=O)CN3CCN(CC(=O)O)CCN(CC(=O)O)CCN(CC(=O)O)CC3)NC(=O)c3coc(n3)[C@H](CNC(=O)CN3CCN(CC(=O)O)CCN(CC(=O)O)CCN(CC(=O)O)CC3)NC(=O)c3coc2n3)CCN(CC(=O)O)CC1.[Gd+3]. The average Bonchev–Trinajstić information content (AvgIpc) is 1.67. The van der Waals surface area contributed by atoms with Gasteiger partial charge >= 0.3 is 93.7 Å². The number of carboxylic acids is 9. The van der Waals surface area contributed by atoms with Crippen LogP contribution < -0.4 is 31.9 Å². The summed E-state index contributed by atoms with van der Waals surface area (Å²) in [4.78, 5) is 225. The molecule has 15 N–H and O–H groups in total. The molecule has 0 saturated carbocycles. The molecule has 4 aliphatic heterocycles. The van der Waals surface area contributed by atoms with E-state index in [1.165, 1.54) is 0 Å². The van der Waals surface area contributed by atoms with E-state index >= 15 is 0 Å². The number of carboxylic acid groups (broad SMARTS) is 9. The zero-order chi connectivity index (χ0) is 83.0. The molecular formula is C66H99GdN21O27+3. The van der Waals surface area contributed by atoms with Gasteiger partial charge in [0, 0.05) is 177 Å². The van der Waals surface area contributed by atoms with Gasteiger partial charge in [0.05, 0.1) is 78.5 Å². The van der Waals surface area contributed by atoms with E-state index in [0.29, 0.717) is 0 Å². The standard InChI is InChI=1S/C66H99N21O27.Gd/c88-49(28-76-1-7-79(31-52(91)92)13-19-85(37-58(103)104)20-14-80(8-2-76)32-53(93)94)67-25-43-64-73-47(40-112-64)62(110)71-45(27-69-51(90)30-78-5-11-83(35-56(99)100)17-23-87(39-60(107)108)24-18-84(12-6-78)36-57(101)102)66-75-48(42-114-66)63(111)72-44(65-74-46(41-113-65)61(109)70-43)26-68-50(89)29-77-3-9-81(33-54(95)96)15-21-86(38-59(105)106)22-16-82(10-4-77)34-55(97)98;/h40-45H,1-39H2,(H,67,88)(H,68,89)(H,69,90)(H,70,109)(H,71,110)(H,72,111)(H,91,92)(H,93,94)(H,95,96)(H,97,98)(H,99,100)(H,101,102)(H,103,104)(H,105,106)(H,107,108);/q;+3/t43-,44-,45-;/m0./s1. The van der Waals surface area contributed by atoms with E-state index < -0.39 is 240 Å². The topological polar surface area (TPSA) is 627 Å². The van der Waals surface area contributed by atoms with Crippen LogP contribution in [-0.4, -0.2) is 464 Å². The summed E-state index contributed by atoms with van der Waals surface area (Å²) >= 11 is 0. The number of hydrogen-bond donors (Lipinski definition) is 15. The minimum absolute atomic E-state index is 0. The van der Waals surface area contributed by atoms with Crippen molar-refractivity contribution in [3.63, 3.8) is 0 Å². The van der Waals surface area contributed by atoms with Crippen LogP contribution in [0.25, 0.3) is 0 Å². The summed E-state index contributed by atoms with van der Waals surface area (Å²) in [5, 5.41) is 104. The quantitative estimate of drug-likeness (QED) is 0.0295. The maximum Gasteiger partial charge on any atom is 3.00 e. The number of nitrogens with one attached hydrogen (secondary N) is 6. The number of amides is 6. The van der Waals surface area contributed by atoms with Crippen LogP contribution >= 0.6 is 0 Å². The Hall–Kier alpha value is -9.48. The third-order valence-corrected chi connectivity index (χ3v) is 18.7. The summed E-state index contributed by atoms with van der Waals surface area (Å²) in [6.07, 6.45) is 2.67. The van der Waals surface area contributed by atoms with E-state index in [1.807, 2.05) is 0 Å². The molecular weight excluding hydrogens is 1680 g/mol. The number of carbonyl (C=O) groups excluding carboxylic acids is 6. The van der Waals surface area contributed by atoms with Crippen LogP contribution in [0, 0.1) is 39.9 Å². The summed E-state index contributed by atoms with van der Waals surface area (Å²) < 4.78 is 17.4. The van der Waals surface area contributed by atoms with E-state index in [-0.39, 0.29) is 197 Å². The molecule has 3 fully saturated rings. The Kier molecular flexibility index (Phi) is 39.5. The summed E-state index contributed by atoms with van der Waals surface area (Å²) in [5.41, 5.74) is -1.40. The molecule has 49 heteroatoms. The van der Waals surface area contributed by atoms with E-state index in [1.54, 1.807) is 58.8 Å². The van der Waals surface area contributed by atoms with Crippen molar-refractivity contribution in [1.82, 2.24) is 106 Å². The molecule has 6 bridgehead atoms. The van der Waals surface area contributed by atoms with Crippen LogP contribution in [0.1, 0.15) is 67.3 Å². The number of hydrogen-bond acceptors (Lipinski definition) is 33. The first-order chi connectivity index (χ1) is 54.3. The van der Waals surface area contributed by atoms with Crippen LogP contribution in [0.3, 0.4) is 0 Å². The van der Waals surface area contributed by atoms with E-state index in [9.17, 15) is 118 Å². The molecule has 3 aromatic rings. The predicted molar refractivity (Wildman–Crippen MR) is 385 cm³/mol. The van der Waals surface area contributed by atoms with Crippen molar-refractivity contribution in [3.05, 3.63) is 53.5 Å². The zero-order valence-electron chi connectivity index (χ0n) is 63.0. The number of aromatic nitrogens is 3. The van der Waals surface area contributed by atoms with Gasteiger partial charge in [0.1, 0.15) is 36.9 Å². The molecule has 6 amide bonds. The second kappa shape index (κ2) is 48.2. The zero-order valence-corrected chi connectivity index (χ0v) is 65.2. The minimum atomic E-state index is -1.49. The molecule has 3 saturated heterocycles. The van der Waals surface area contributed by atoms with Gasteiger partial charge in [0.2, 0.25) is 35.4 Å². The number of rotatable bonds is 30. The molecule has 0 spiro atoms. The van der Waals surface area contributed by atoms with Gasteiger partial charge in [-0.3, -0.25) is 131 Å². The summed E-state index contributed by atoms with van der Waals surface area (Å²) in [6.45, 7) is -4.99. The first kappa shape index (κ1) is 94.4. The van der Waals surface area contributed by atoms with Gasteiger partial charge < -0.3 is 91.1 Å². The van der Waals surface area contributed by atoms with Crippen molar-refractivity contribution in [2.24, 2.45) is 0 Å². The third-order valence-electron chi connectivity index (χ3n) is 18.7. The molecule has 3 aromatic heterocycles. The Balaban J connectivity index is 0.0000206. The van der Waals surface area contributed by atoms with Crippen LogP contribution in [0.5, 0.6) is 0 Å². The maximum absolute atomic E-state index is 14.5. The Morgan fingerprint density at radius 2 is 0.417 bits per heavy atom. The fraction of sp³-hybridized carbons (Fsp3) is 0.636. The fourth-order valence-corrected chi connectivity index (χ4v) is 12.7. The fourth-order valence-electron chi connectivity index (χ4n) is 12.7. The molecule has 48 nitrogen and oxygen atoms in total. The second-order valence-electron chi connectivity index (χ2n) is 27.6. The van der Waals surface area contributed by atoms with E-state index in [4.69, 9.17) is 13.3 Å². The van der Waals surface area contributed by atoms with Gasteiger partial charge in [0.15, 0.2) is 17.1 Å². The second-order valence-corrected chi connectivity index (χ2v) is 27.6. The Morgan fingerprint density at radius 1 is 0.278 bits per heavy atom. The third kappa shape index (κ3) is 35.3. The summed E-state index contributed by atoms with van der Waals surface area (Å²) in [5.74, 6) is -16.9. The average molecular weight is 1780 g/mol. The smallest absolute Gasteiger partial charge is 0.480 e. The minimum Gasteiger partial charge on any atom is -0.480 e. The van der Waals surface area contributed by atoms with Crippen molar-refractivity contribution in [2.75, 3.05) is 255 Å². The number of nitrogens with zero attached hydrogens (tertiary/aromatic N) is 15. The molecule has 4 aliphatic rings. The first-order valence-corrected chi connectivity index (χ1v) is 36.5. The monoisotopic (exact) mass is 1780 g/mol. The molecule has 1 radical (unpaired) electrons. The van der Waals surface area contributed by atoms with Crippen molar-refractivity contribution >= 4 is 89.2 Å². The molecule has 7 rings (SSSR count). The molecule has 0 aromatic carbocycles. The summed E-state index contributed by atoms with van der Waals surface area (Å²) in [7, 11) is 0. The molecule has 0 unspecified atom stereocenters. The molecule has 635 valence electrons. The van der Waals surface area contributed by atoms with Crippen molar-refractivity contribution in [1.29, 1.82) is 0 Å². The van der Waals surface area contributed by atoms with E-state index in [0.717, 1.165) is 18.8 Å².